The van der Waals surface area contributed by atoms with Crippen LogP contribution < -0.4 is 30.2 Å². The number of methoxy groups -OCH3 is 2. The van der Waals surface area contributed by atoms with E-state index in [1.807, 2.05) is 18.2 Å². The summed E-state index contributed by atoms with van der Waals surface area (Å²) in [6.07, 6.45) is 0. The molecule has 0 bridgehead atoms. The molecule has 4 rings (SSSR count). The highest BCUT2D eigenvalue weighted by Gasteiger charge is 2.18. The molecule has 8 heteroatoms. The van der Waals surface area contributed by atoms with E-state index >= 15 is 0 Å². The van der Waals surface area contributed by atoms with E-state index in [0.29, 0.717) is 47.1 Å². The number of benzene rings is 2. The third-order valence-corrected chi connectivity index (χ3v) is 4.99. The molecule has 0 aliphatic carbocycles. The summed E-state index contributed by atoms with van der Waals surface area (Å²) in [7, 11) is 3.02. The van der Waals surface area contributed by atoms with Gasteiger partial charge in [-0.3, -0.25) is 13.9 Å². The molecule has 2 heterocycles. The maximum atomic E-state index is 13.1. The second kappa shape index (κ2) is 7.54. The van der Waals surface area contributed by atoms with Gasteiger partial charge in [0.15, 0.2) is 23.0 Å². The van der Waals surface area contributed by atoms with Gasteiger partial charge in [-0.1, -0.05) is 6.07 Å². The van der Waals surface area contributed by atoms with E-state index in [-0.39, 0.29) is 24.3 Å². The molecule has 1 aliphatic rings. The molecular weight excluding hydrogens is 376 g/mol. The van der Waals surface area contributed by atoms with Crippen LogP contribution in [0.2, 0.25) is 0 Å². The third-order valence-electron chi connectivity index (χ3n) is 4.99. The maximum absolute atomic E-state index is 13.1. The molecule has 0 unspecified atom stereocenters. The van der Waals surface area contributed by atoms with E-state index < -0.39 is 0 Å². The van der Waals surface area contributed by atoms with Crippen LogP contribution in [0.3, 0.4) is 0 Å². The summed E-state index contributed by atoms with van der Waals surface area (Å²) in [4.78, 5) is 25.9. The second-order valence-electron chi connectivity index (χ2n) is 6.62. The minimum absolute atomic E-state index is 0.266. The normalized spacial score (nSPS) is 12.8. The van der Waals surface area contributed by atoms with Crippen molar-refractivity contribution in [1.29, 1.82) is 0 Å². The van der Waals surface area contributed by atoms with Gasteiger partial charge >= 0.3 is 5.69 Å². The first-order chi connectivity index (χ1) is 14.1. The summed E-state index contributed by atoms with van der Waals surface area (Å²) in [5.74, 6) is 2.21. The fraction of sp³-hybridized carbons (Fsp3) is 0.333. The molecule has 152 valence electrons. The van der Waals surface area contributed by atoms with Crippen molar-refractivity contribution in [2.24, 2.45) is 0 Å². The smallest absolute Gasteiger partial charge is 0.331 e. The topological polar surface area (TPSA) is 80.9 Å². The van der Waals surface area contributed by atoms with E-state index in [1.54, 1.807) is 23.6 Å². The van der Waals surface area contributed by atoms with E-state index in [0.717, 1.165) is 5.56 Å². The summed E-state index contributed by atoms with van der Waals surface area (Å²) in [5, 5.41) is 0.390. The van der Waals surface area contributed by atoms with Crippen LogP contribution in [0.25, 0.3) is 10.9 Å². The van der Waals surface area contributed by atoms with Gasteiger partial charge in [0.2, 0.25) is 0 Å². The number of nitrogens with zero attached hydrogens (tertiary/aromatic N) is 2. The monoisotopic (exact) mass is 398 g/mol. The van der Waals surface area contributed by atoms with Gasteiger partial charge in [-0.2, -0.15) is 0 Å². The van der Waals surface area contributed by atoms with Crippen molar-refractivity contribution in [2.45, 2.75) is 20.0 Å². The van der Waals surface area contributed by atoms with Crippen LogP contribution >= 0.6 is 0 Å². The second-order valence-corrected chi connectivity index (χ2v) is 6.62. The molecule has 0 radical (unpaired) electrons. The van der Waals surface area contributed by atoms with Gasteiger partial charge in [-0.05, 0) is 30.7 Å². The zero-order valence-electron chi connectivity index (χ0n) is 16.6. The Balaban J connectivity index is 1.93. The first-order valence-electron chi connectivity index (χ1n) is 9.35. The van der Waals surface area contributed by atoms with Gasteiger partial charge in [-0.25, -0.2) is 4.79 Å². The van der Waals surface area contributed by atoms with Crippen LogP contribution in [0.4, 0.5) is 0 Å². The molecule has 0 N–H and O–H groups in total. The Bertz CT molecular complexity index is 1190. The summed E-state index contributed by atoms with van der Waals surface area (Å²) in [5.41, 5.74) is 0.602. The highest BCUT2D eigenvalue weighted by molar-refractivity contribution is 5.82. The largest absolute Gasteiger partial charge is 0.493 e. The maximum Gasteiger partial charge on any atom is 0.331 e. The molecule has 0 amide bonds. The lowest BCUT2D eigenvalue weighted by atomic mass is 10.1. The summed E-state index contributed by atoms with van der Waals surface area (Å²) >= 11 is 0. The Morgan fingerprint density at radius 2 is 1.62 bits per heavy atom. The molecule has 2 aromatic carbocycles. The van der Waals surface area contributed by atoms with Crippen LogP contribution in [-0.2, 0) is 13.1 Å². The SMILES string of the molecule is CCn1c(=O)c2cc(OC)c(OC)cc2n(Cc2ccc3c(c2)OCCO3)c1=O. The Morgan fingerprint density at radius 3 is 2.31 bits per heavy atom. The number of fused-ring (bicyclic) bond motifs is 2. The van der Waals surface area contributed by atoms with Crippen LogP contribution in [0.15, 0.2) is 39.9 Å². The fourth-order valence-electron chi connectivity index (χ4n) is 3.54. The van der Waals surface area contributed by atoms with Gasteiger partial charge in [0.05, 0.1) is 31.7 Å². The molecule has 1 aromatic heterocycles. The predicted octanol–water partition coefficient (Wildman–Crippen LogP) is 2.02. The van der Waals surface area contributed by atoms with Gasteiger partial charge in [0.1, 0.15) is 13.2 Å². The molecule has 29 heavy (non-hydrogen) atoms. The zero-order chi connectivity index (χ0) is 20.5. The molecule has 0 atom stereocenters. The summed E-state index contributed by atoms with van der Waals surface area (Å²) in [6.45, 7) is 3.30. The van der Waals surface area contributed by atoms with Crippen molar-refractivity contribution in [3.05, 3.63) is 56.7 Å². The third kappa shape index (κ3) is 3.20. The Labute approximate surface area is 166 Å². The summed E-state index contributed by atoms with van der Waals surface area (Å²) in [6, 6.07) is 8.84. The van der Waals surface area contributed by atoms with Gasteiger partial charge < -0.3 is 18.9 Å². The van der Waals surface area contributed by atoms with E-state index in [4.69, 9.17) is 18.9 Å². The average Bonchev–Trinajstić information content (AvgIpc) is 2.76. The fourth-order valence-corrected chi connectivity index (χ4v) is 3.54. The number of aromatic nitrogens is 2. The van der Waals surface area contributed by atoms with Crippen molar-refractivity contribution in [1.82, 2.24) is 9.13 Å². The minimum Gasteiger partial charge on any atom is -0.493 e. The summed E-state index contributed by atoms with van der Waals surface area (Å²) < 4.78 is 24.7. The quantitative estimate of drug-likeness (QED) is 0.654. The van der Waals surface area contributed by atoms with E-state index in [9.17, 15) is 9.59 Å². The van der Waals surface area contributed by atoms with Gasteiger partial charge in [-0.15, -0.1) is 0 Å². The van der Waals surface area contributed by atoms with Crippen LogP contribution in [0.1, 0.15) is 12.5 Å². The molecule has 8 nitrogen and oxygen atoms in total. The predicted molar refractivity (Wildman–Crippen MR) is 108 cm³/mol. The van der Waals surface area contributed by atoms with Crippen molar-refractivity contribution in [3.63, 3.8) is 0 Å². The van der Waals surface area contributed by atoms with Crippen molar-refractivity contribution in [2.75, 3.05) is 27.4 Å². The van der Waals surface area contributed by atoms with E-state index in [1.165, 1.54) is 18.8 Å². The molecule has 0 spiro atoms. The minimum atomic E-state index is -0.382. The van der Waals surface area contributed by atoms with Crippen molar-refractivity contribution in [3.8, 4) is 23.0 Å². The Hall–Kier alpha value is -3.42. The molecular formula is C21H22N2O6. The highest BCUT2D eigenvalue weighted by Crippen LogP contribution is 2.32. The highest BCUT2D eigenvalue weighted by atomic mass is 16.6. The molecule has 0 saturated heterocycles. The number of hydrogen-bond donors (Lipinski definition) is 0. The standard InChI is InChI=1S/C21H22N2O6/c1-4-22-20(24)14-10-17(26-2)18(27-3)11-15(14)23(21(22)25)12-13-5-6-16-19(9-13)29-8-7-28-16/h5-6,9-11H,4,7-8,12H2,1-3H3. The van der Waals surface area contributed by atoms with Crippen molar-refractivity contribution >= 4 is 10.9 Å². The number of ether oxygens (including phenoxy) is 4. The van der Waals surface area contributed by atoms with Crippen LogP contribution in [-0.4, -0.2) is 36.6 Å². The molecule has 0 fully saturated rings. The van der Waals surface area contributed by atoms with Crippen LogP contribution in [0.5, 0.6) is 23.0 Å². The van der Waals surface area contributed by atoms with E-state index in [2.05, 4.69) is 0 Å². The molecule has 0 saturated carbocycles. The first kappa shape index (κ1) is 18.9. The zero-order valence-corrected chi connectivity index (χ0v) is 16.6. The Kier molecular flexibility index (Phi) is 4.92. The number of hydrogen-bond acceptors (Lipinski definition) is 6. The Morgan fingerprint density at radius 1 is 0.931 bits per heavy atom. The lowest BCUT2D eigenvalue weighted by Crippen LogP contribution is -2.39. The van der Waals surface area contributed by atoms with Gasteiger partial charge in [0.25, 0.3) is 5.56 Å². The first-order valence-corrected chi connectivity index (χ1v) is 9.35. The lowest BCUT2D eigenvalue weighted by molar-refractivity contribution is 0.171. The molecule has 3 aromatic rings. The average molecular weight is 398 g/mol. The lowest BCUT2D eigenvalue weighted by Gasteiger charge is -2.20. The van der Waals surface area contributed by atoms with Crippen molar-refractivity contribution < 1.29 is 18.9 Å². The molecule has 1 aliphatic heterocycles. The number of rotatable bonds is 5. The van der Waals surface area contributed by atoms with Crippen LogP contribution in [0, 0.1) is 0 Å². The van der Waals surface area contributed by atoms with Gasteiger partial charge in [0, 0.05) is 12.6 Å².